The van der Waals surface area contributed by atoms with Crippen molar-refractivity contribution in [2.75, 3.05) is 0 Å². The molecule has 0 aromatic carbocycles. The van der Waals surface area contributed by atoms with Crippen molar-refractivity contribution in [3.8, 4) is 0 Å². The fraction of sp³-hybridized carbons (Fsp3) is 0.143. The van der Waals surface area contributed by atoms with Crippen molar-refractivity contribution in [3.63, 3.8) is 0 Å². The Kier molecular flexibility index (Phi) is 1.58. The predicted molar refractivity (Wildman–Crippen MR) is 38.3 cm³/mol. The molecule has 0 bridgehead atoms. The topological polar surface area (TPSA) is 52.0 Å². The first-order valence-electron chi connectivity index (χ1n) is 2.88. The van der Waals surface area contributed by atoms with Crippen LogP contribution in [0.3, 0.4) is 0 Å². The number of allylic oxidation sites excluding steroid dienone is 4. The quantitative estimate of drug-likeness (QED) is 0.495. The maximum absolute atomic E-state index is 5.53. The van der Waals surface area contributed by atoms with E-state index in [9.17, 15) is 0 Å². The van der Waals surface area contributed by atoms with E-state index in [1.165, 1.54) is 0 Å². The standard InChI is InChI=1S/C7H10N2/c8-6-4-2-1-3-5-7(6)9/h1-4H,5,8-9H2. The molecule has 48 valence electrons. The van der Waals surface area contributed by atoms with Gasteiger partial charge in [-0.1, -0.05) is 18.2 Å². The molecule has 1 aliphatic rings. The molecule has 9 heavy (non-hydrogen) atoms. The third-order valence-electron chi connectivity index (χ3n) is 1.23. The third kappa shape index (κ3) is 1.35. The molecule has 0 amide bonds. The molecule has 0 spiro atoms. The molecule has 2 heteroatoms. The second-order valence-electron chi connectivity index (χ2n) is 1.97. The molecule has 0 atom stereocenters. The van der Waals surface area contributed by atoms with Gasteiger partial charge >= 0.3 is 0 Å². The fourth-order valence-corrected chi connectivity index (χ4v) is 0.658. The smallest absolute Gasteiger partial charge is 0.0508 e. The van der Waals surface area contributed by atoms with Gasteiger partial charge in [0, 0.05) is 12.1 Å². The molecule has 0 saturated heterocycles. The van der Waals surface area contributed by atoms with Crippen LogP contribution in [0.4, 0.5) is 0 Å². The number of nitrogens with two attached hydrogens (primary N) is 2. The summed E-state index contributed by atoms with van der Waals surface area (Å²) in [6, 6.07) is 0. The van der Waals surface area contributed by atoms with Gasteiger partial charge in [0.1, 0.15) is 0 Å². The van der Waals surface area contributed by atoms with Crippen LogP contribution in [-0.2, 0) is 0 Å². The first-order chi connectivity index (χ1) is 4.30. The largest absolute Gasteiger partial charge is 0.400 e. The summed E-state index contributed by atoms with van der Waals surface area (Å²) in [5.74, 6) is 0. The number of hydrogen-bond acceptors (Lipinski definition) is 2. The summed E-state index contributed by atoms with van der Waals surface area (Å²) < 4.78 is 0. The molecule has 0 saturated carbocycles. The molecule has 1 aliphatic carbocycles. The maximum atomic E-state index is 5.53. The van der Waals surface area contributed by atoms with Gasteiger partial charge in [0.05, 0.1) is 5.70 Å². The van der Waals surface area contributed by atoms with E-state index in [4.69, 9.17) is 11.5 Å². The molecule has 4 N–H and O–H groups in total. The maximum Gasteiger partial charge on any atom is 0.0508 e. The van der Waals surface area contributed by atoms with Crippen molar-refractivity contribution in [1.82, 2.24) is 0 Å². The van der Waals surface area contributed by atoms with Gasteiger partial charge in [-0.2, -0.15) is 0 Å². The van der Waals surface area contributed by atoms with Gasteiger partial charge in [0.25, 0.3) is 0 Å². The minimum absolute atomic E-state index is 0.681. The minimum Gasteiger partial charge on any atom is -0.400 e. The van der Waals surface area contributed by atoms with Gasteiger partial charge in [-0.05, 0) is 6.08 Å². The summed E-state index contributed by atoms with van der Waals surface area (Å²) >= 11 is 0. The molecular weight excluding hydrogens is 112 g/mol. The van der Waals surface area contributed by atoms with E-state index in [1.807, 2.05) is 18.2 Å². The van der Waals surface area contributed by atoms with Crippen LogP contribution in [0.1, 0.15) is 6.42 Å². The van der Waals surface area contributed by atoms with Gasteiger partial charge in [-0.3, -0.25) is 0 Å². The molecule has 0 aromatic rings. The molecule has 0 fully saturated rings. The van der Waals surface area contributed by atoms with Crippen molar-refractivity contribution >= 4 is 0 Å². The zero-order chi connectivity index (χ0) is 6.69. The number of rotatable bonds is 0. The van der Waals surface area contributed by atoms with Gasteiger partial charge in [-0.15, -0.1) is 0 Å². The summed E-state index contributed by atoms with van der Waals surface area (Å²) in [6.07, 6.45) is 8.37. The van der Waals surface area contributed by atoms with E-state index >= 15 is 0 Å². The van der Waals surface area contributed by atoms with Crippen LogP contribution in [0.5, 0.6) is 0 Å². The lowest BCUT2D eigenvalue weighted by Gasteiger charge is -1.96. The Morgan fingerprint density at radius 3 is 2.78 bits per heavy atom. The summed E-state index contributed by atoms with van der Waals surface area (Å²) in [6.45, 7) is 0. The van der Waals surface area contributed by atoms with Crippen molar-refractivity contribution < 1.29 is 0 Å². The van der Waals surface area contributed by atoms with Crippen LogP contribution in [0, 0.1) is 0 Å². The SMILES string of the molecule is NC1=C(N)CC=CC=C1. The minimum atomic E-state index is 0.681. The lowest BCUT2D eigenvalue weighted by atomic mass is 10.3. The second-order valence-corrected chi connectivity index (χ2v) is 1.97. The molecule has 0 radical (unpaired) electrons. The highest BCUT2D eigenvalue weighted by atomic mass is 14.7. The van der Waals surface area contributed by atoms with Crippen LogP contribution >= 0.6 is 0 Å². The molecule has 1 rings (SSSR count). The first kappa shape index (κ1) is 5.95. The van der Waals surface area contributed by atoms with Crippen molar-refractivity contribution in [2.45, 2.75) is 6.42 Å². The van der Waals surface area contributed by atoms with Crippen LogP contribution in [0.25, 0.3) is 0 Å². The highest BCUT2D eigenvalue weighted by Crippen LogP contribution is 2.03. The van der Waals surface area contributed by atoms with Gasteiger partial charge in [0.2, 0.25) is 0 Å². The van der Waals surface area contributed by atoms with Crippen molar-refractivity contribution in [1.29, 1.82) is 0 Å². The van der Waals surface area contributed by atoms with E-state index in [0.29, 0.717) is 5.70 Å². The summed E-state index contributed by atoms with van der Waals surface area (Å²) in [5, 5.41) is 0. The predicted octanol–water partition coefficient (Wildman–Crippen LogP) is 0.632. The van der Waals surface area contributed by atoms with Gasteiger partial charge in [0.15, 0.2) is 0 Å². The summed E-state index contributed by atoms with van der Waals surface area (Å²) in [5.41, 5.74) is 12.5. The molecular formula is C7H10N2. The van der Waals surface area contributed by atoms with E-state index in [1.54, 1.807) is 6.08 Å². The van der Waals surface area contributed by atoms with Crippen LogP contribution in [0.2, 0.25) is 0 Å². The Bertz CT molecular complexity index is 187. The zero-order valence-electron chi connectivity index (χ0n) is 5.17. The van der Waals surface area contributed by atoms with E-state index < -0.39 is 0 Å². The molecule has 0 aliphatic heterocycles. The monoisotopic (exact) mass is 122 g/mol. The number of hydrogen-bond donors (Lipinski definition) is 2. The van der Waals surface area contributed by atoms with E-state index in [0.717, 1.165) is 12.1 Å². The second kappa shape index (κ2) is 2.40. The Morgan fingerprint density at radius 1 is 1.22 bits per heavy atom. The molecule has 0 unspecified atom stereocenters. The molecule has 0 aromatic heterocycles. The van der Waals surface area contributed by atoms with Gasteiger partial charge in [-0.25, -0.2) is 0 Å². The zero-order valence-corrected chi connectivity index (χ0v) is 5.17. The highest BCUT2D eigenvalue weighted by molar-refractivity contribution is 5.28. The summed E-state index contributed by atoms with van der Waals surface area (Å²) in [4.78, 5) is 0. The van der Waals surface area contributed by atoms with Gasteiger partial charge < -0.3 is 11.5 Å². The third-order valence-corrected chi connectivity index (χ3v) is 1.23. The van der Waals surface area contributed by atoms with Crippen LogP contribution < -0.4 is 11.5 Å². The lowest BCUT2D eigenvalue weighted by molar-refractivity contribution is 1.12. The Balaban J connectivity index is 2.85. The lowest BCUT2D eigenvalue weighted by Crippen LogP contribution is -2.05. The van der Waals surface area contributed by atoms with E-state index in [2.05, 4.69) is 0 Å². The van der Waals surface area contributed by atoms with Crippen molar-refractivity contribution in [3.05, 3.63) is 35.7 Å². The molecule has 2 nitrogen and oxygen atoms in total. The highest BCUT2D eigenvalue weighted by Gasteiger charge is 1.93. The fourth-order valence-electron chi connectivity index (χ4n) is 0.658. The van der Waals surface area contributed by atoms with E-state index in [-0.39, 0.29) is 0 Å². The average molecular weight is 122 g/mol. The summed E-state index contributed by atoms with van der Waals surface area (Å²) in [7, 11) is 0. The molecule has 0 heterocycles. The van der Waals surface area contributed by atoms with Crippen LogP contribution in [-0.4, -0.2) is 0 Å². The normalized spacial score (nSPS) is 18.2. The Hall–Kier alpha value is -1.18. The average Bonchev–Trinajstić information content (AvgIpc) is 1.99. The first-order valence-corrected chi connectivity index (χ1v) is 2.88. The van der Waals surface area contributed by atoms with Crippen LogP contribution in [0.15, 0.2) is 35.7 Å². The Labute approximate surface area is 54.5 Å². The Morgan fingerprint density at radius 2 is 2.00 bits per heavy atom. The van der Waals surface area contributed by atoms with Crippen molar-refractivity contribution in [2.24, 2.45) is 11.5 Å².